The third-order valence-corrected chi connectivity index (χ3v) is 5.17. The van der Waals surface area contributed by atoms with Gasteiger partial charge in [0.2, 0.25) is 0 Å². The van der Waals surface area contributed by atoms with Gasteiger partial charge in [0.1, 0.15) is 12.4 Å². The minimum atomic E-state index is 0.443. The van der Waals surface area contributed by atoms with Crippen molar-refractivity contribution in [3.63, 3.8) is 0 Å². The lowest BCUT2D eigenvalue weighted by atomic mass is 10.1. The quantitative estimate of drug-likeness (QED) is 0.623. The maximum Gasteiger partial charge on any atom is 0.192 e. The minimum absolute atomic E-state index is 0.443. The van der Waals surface area contributed by atoms with Crippen LogP contribution in [0.5, 0.6) is 0 Å². The molecule has 24 heavy (non-hydrogen) atoms. The molecule has 134 valence electrons. The highest BCUT2D eigenvalue weighted by Gasteiger charge is 2.32. The summed E-state index contributed by atoms with van der Waals surface area (Å²) in [6.45, 7) is 11.6. The Morgan fingerprint density at radius 1 is 1.25 bits per heavy atom. The summed E-state index contributed by atoms with van der Waals surface area (Å²) in [7, 11) is 1.99. The molecule has 0 spiro atoms. The molecule has 0 radical (unpaired) electrons. The molecule has 1 aromatic heterocycles. The number of aliphatic imine (C=N–C) groups is 1. The second kappa shape index (κ2) is 7.09. The van der Waals surface area contributed by atoms with Crippen molar-refractivity contribution in [2.75, 3.05) is 13.1 Å². The van der Waals surface area contributed by atoms with Gasteiger partial charge in [-0.05, 0) is 39.5 Å². The molecule has 2 atom stereocenters. The Morgan fingerprint density at radius 2 is 2.00 bits per heavy atom. The van der Waals surface area contributed by atoms with Crippen LogP contribution in [-0.2, 0) is 13.6 Å². The van der Waals surface area contributed by atoms with Crippen LogP contribution in [0, 0.1) is 12.8 Å². The molecular formula is C17H31N7. The zero-order chi connectivity index (χ0) is 17.3. The largest absolute Gasteiger partial charge is 0.354 e. The van der Waals surface area contributed by atoms with Crippen LogP contribution in [0.3, 0.4) is 0 Å². The number of nitrogens with one attached hydrogen (secondary N) is 2. The van der Waals surface area contributed by atoms with Crippen molar-refractivity contribution in [2.24, 2.45) is 18.0 Å². The van der Waals surface area contributed by atoms with Gasteiger partial charge in [0.15, 0.2) is 11.8 Å². The Hall–Kier alpha value is -1.63. The summed E-state index contributed by atoms with van der Waals surface area (Å²) in [5.41, 5.74) is 0. The van der Waals surface area contributed by atoms with Gasteiger partial charge in [0, 0.05) is 38.3 Å². The number of nitrogens with zero attached hydrogens (tertiary/aromatic N) is 5. The molecule has 1 saturated heterocycles. The first-order valence-corrected chi connectivity index (χ1v) is 9.10. The number of likely N-dealkylation sites (tertiary alicyclic amines) is 1. The van der Waals surface area contributed by atoms with Crippen LogP contribution >= 0.6 is 0 Å². The first-order valence-electron chi connectivity index (χ1n) is 9.10. The van der Waals surface area contributed by atoms with E-state index in [1.54, 1.807) is 0 Å². The maximum absolute atomic E-state index is 4.77. The summed E-state index contributed by atoms with van der Waals surface area (Å²) in [6.07, 6.45) is 2.48. The molecule has 0 bridgehead atoms. The van der Waals surface area contributed by atoms with E-state index in [2.05, 4.69) is 46.5 Å². The van der Waals surface area contributed by atoms with Crippen molar-refractivity contribution >= 4 is 5.96 Å². The van der Waals surface area contributed by atoms with Gasteiger partial charge in [-0.2, -0.15) is 0 Å². The second-order valence-electron chi connectivity index (χ2n) is 7.58. The number of hydrogen-bond donors (Lipinski definition) is 2. The molecule has 7 heteroatoms. The SMILES string of the molecule is Cc1nnc(CN=C(NC2CC2)NC2CN(C(C)C)CC2C)n1C. The number of aromatic nitrogens is 3. The van der Waals surface area contributed by atoms with Crippen molar-refractivity contribution in [1.82, 2.24) is 30.3 Å². The Labute approximate surface area is 144 Å². The van der Waals surface area contributed by atoms with E-state index in [0.717, 1.165) is 30.7 Å². The summed E-state index contributed by atoms with van der Waals surface area (Å²) >= 11 is 0. The van der Waals surface area contributed by atoms with Gasteiger partial charge in [0.05, 0.1) is 0 Å². The van der Waals surface area contributed by atoms with E-state index in [9.17, 15) is 0 Å². The highest BCUT2D eigenvalue weighted by atomic mass is 15.3. The molecule has 2 heterocycles. The van der Waals surface area contributed by atoms with Crippen LogP contribution in [0.2, 0.25) is 0 Å². The predicted molar refractivity (Wildman–Crippen MR) is 95.8 cm³/mol. The highest BCUT2D eigenvalue weighted by molar-refractivity contribution is 5.80. The van der Waals surface area contributed by atoms with Gasteiger partial charge in [0.25, 0.3) is 0 Å². The van der Waals surface area contributed by atoms with E-state index in [1.165, 1.54) is 12.8 Å². The van der Waals surface area contributed by atoms with Crippen molar-refractivity contribution in [3.8, 4) is 0 Å². The average molecular weight is 333 g/mol. The topological polar surface area (TPSA) is 70.4 Å². The summed E-state index contributed by atoms with van der Waals surface area (Å²) in [4.78, 5) is 7.30. The van der Waals surface area contributed by atoms with Gasteiger partial charge in [-0.15, -0.1) is 10.2 Å². The van der Waals surface area contributed by atoms with E-state index in [4.69, 9.17) is 4.99 Å². The second-order valence-corrected chi connectivity index (χ2v) is 7.58. The first-order chi connectivity index (χ1) is 11.4. The average Bonchev–Trinajstić information content (AvgIpc) is 3.20. The number of aryl methyl sites for hydroxylation is 1. The monoisotopic (exact) mass is 333 g/mol. The fraction of sp³-hybridized carbons (Fsp3) is 0.824. The fourth-order valence-corrected chi connectivity index (χ4v) is 3.08. The van der Waals surface area contributed by atoms with Gasteiger partial charge >= 0.3 is 0 Å². The van der Waals surface area contributed by atoms with E-state index in [0.29, 0.717) is 30.6 Å². The van der Waals surface area contributed by atoms with Crippen LogP contribution in [0.15, 0.2) is 4.99 Å². The van der Waals surface area contributed by atoms with Crippen molar-refractivity contribution in [2.45, 2.75) is 65.2 Å². The first kappa shape index (κ1) is 17.2. The Morgan fingerprint density at radius 3 is 2.54 bits per heavy atom. The Bertz CT molecular complexity index is 588. The van der Waals surface area contributed by atoms with Crippen molar-refractivity contribution in [1.29, 1.82) is 0 Å². The third kappa shape index (κ3) is 4.06. The zero-order valence-corrected chi connectivity index (χ0v) is 15.6. The molecule has 0 amide bonds. The molecule has 1 aliphatic heterocycles. The maximum atomic E-state index is 4.77. The van der Waals surface area contributed by atoms with Crippen LogP contribution in [-0.4, -0.2) is 56.8 Å². The standard InChI is InChI=1S/C17H31N7/c1-11(2)24-9-12(3)15(10-24)20-17(19-14-6-7-14)18-8-16-22-21-13(4)23(16)5/h11-12,14-15H,6-10H2,1-5H3,(H2,18,19,20). The zero-order valence-electron chi connectivity index (χ0n) is 15.6. The summed E-state index contributed by atoms with van der Waals surface area (Å²) < 4.78 is 2.00. The minimum Gasteiger partial charge on any atom is -0.354 e. The third-order valence-electron chi connectivity index (χ3n) is 5.17. The lowest BCUT2D eigenvalue weighted by Crippen LogP contribution is -2.47. The molecule has 2 N–H and O–H groups in total. The van der Waals surface area contributed by atoms with Gasteiger partial charge in [-0.1, -0.05) is 6.92 Å². The highest BCUT2D eigenvalue weighted by Crippen LogP contribution is 2.20. The predicted octanol–water partition coefficient (Wildman–Crippen LogP) is 1.05. The van der Waals surface area contributed by atoms with Crippen molar-refractivity contribution in [3.05, 3.63) is 11.6 Å². The van der Waals surface area contributed by atoms with E-state index in [-0.39, 0.29) is 0 Å². The van der Waals surface area contributed by atoms with Gasteiger partial charge in [-0.25, -0.2) is 4.99 Å². The molecule has 2 fully saturated rings. The van der Waals surface area contributed by atoms with E-state index in [1.807, 2.05) is 18.5 Å². The number of hydrogen-bond acceptors (Lipinski definition) is 4. The molecule has 0 aromatic carbocycles. The number of rotatable bonds is 5. The smallest absolute Gasteiger partial charge is 0.192 e. The van der Waals surface area contributed by atoms with E-state index < -0.39 is 0 Å². The molecule has 2 unspecified atom stereocenters. The molecule has 2 aliphatic rings. The molecular weight excluding hydrogens is 302 g/mol. The molecule has 1 saturated carbocycles. The van der Waals surface area contributed by atoms with Crippen LogP contribution < -0.4 is 10.6 Å². The van der Waals surface area contributed by atoms with Crippen LogP contribution in [0.1, 0.15) is 45.3 Å². The lowest BCUT2D eigenvalue weighted by molar-refractivity contribution is 0.265. The normalized spacial score (nSPS) is 25.5. The van der Waals surface area contributed by atoms with E-state index >= 15 is 0 Å². The summed E-state index contributed by atoms with van der Waals surface area (Å²) in [5, 5.41) is 15.5. The molecule has 7 nitrogen and oxygen atoms in total. The Balaban J connectivity index is 1.65. The summed E-state index contributed by atoms with van der Waals surface area (Å²) in [5.74, 6) is 3.35. The lowest BCUT2D eigenvalue weighted by Gasteiger charge is -2.22. The molecule has 1 aromatic rings. The molecule has 3 rings (SSSR count). The summed E-state index contributed by atoms with van der Waals surface area (Å²) in [6, 6.07) is 1.62. The van der Waals surface area contributed by atoms with Crippen molar-refractivity contribution < 1.29 is 0 Å². The van der Waals surface area contributed by atoms with Crippen LogP contribution in [0.25, 0.3) is 0 Å². The van der Waals surface area contributed by atoms with Crippen LogP contribution in [0.4, 0.5) is 0 Å². The Kier molecular flexibility index (Phi) is 5.08. The van der Waals surface area contributed by atoms with Gasteiger partial charge in [-0.3, -0.25) is 4.90 Å². The van der Waals surface area contributed by atoms with Gasteiger partial charge < -0.3 is 15.2 Å². The number of guanidine groups is 1. The molecule has 1 aliphatic carbocycles. The fourth-order valence-electron chi connectivity index (χ4n) is 3.08.